The molecule has 0 aliphatic heterocycles. The summed E-state index contributed by atoms with van der Waals surface area (Å²) in [6.07, 6.45) is 1.17. The first-order valence-corrected chi connectivity index (χ1v) is 13.7. The van der Waals surface area contributed by atoms with Crippen LogP contribution in [0.2, 0.25) is 5.02 Å². The number of halogens is 1. The Morgan fingerprint density at radius 2 is 1.64 bits per heavy atom. The molecule has 0 heterocycles. The molecule has 0 saturated carbocycles. The largest absolute Gasteiger partial charge is 0.490 e. The van der Waals surface area contributed by atoms with Gasteiger partial charge in [-0.15, -0.1) is 11.8 Å². The molecule has 0 spiro atoms. The van der Waals surface area contributed by atoms with Crippen molar-refractivity contribution in [3.05, 3.63) is 71.8 Å². The normalized spacial score (nSPS) is 12.0. The molecule has 0 aliphatic carbocycles. The van der Waals surface area contributed by atoms with Gasteiger partial charge in [-0.25, -0.2) is 4.79 Å². The third-order valence-corrected chi connectivity index (χ3v) is 7.02. The molecule has 36 heavy (non-hydrogen) atoms. The van der Waals surface area contributed by atoms with Crippen molar-refractivity contribution in [3.63, 3.8) is 0 Å². The van der Waals surface area contributed by atoms with Crippen molar-refractivity contribution in [2.45, 2.75) is 57.5 Å². The molecule has 0 aliphatic rings. The molecule has 2 aromatic rings. The number of benzene rings is 2. The highest BCUT2D eigenvalue weighted by Gasteiger charge is 2.20. The van der Waals surface area contributed by atoms with Gasteiger partial charge in [0.2, 0.25) is 0 Å². The Labute approximate surface area is 224 Å². The van der Waals surface area contributed by atoms with Crippen molar-refractivity contribution >= 4 is 35.3 Å². The molecule has 0 fully saturated rings. The summed E-state index contributed by atoms with van der Waals surface area (Å²) in [5, 5.41) is 0.670. The van der Waals surface area contributed by atoms with Crippen LogP contribution < -0.4 is 4.74 Å². The van der Waals surface area contributed by atoms with E-state index in [2.05, 4.69) is 46.4 Å². The lowest BCUT2D eigenvalue weighted by Gasteiger charge is -2.25. The highest BCUT2D eigenvalue weighted by Crippen LogP contribution is 2.32. The van der Waals surface area contributed by atoms with Crippen LogP contribution in [-0.2, 0) is 19.1 Å². The number of carbonyl (C=O) groups excluding carboxylic acids is 2. The van der Waals surface area contributed by atoms with E-state index in [1.807, 2.05) is 36.4 Å². The molecular weight excluding hydrogens is 496 g/mol. The van der Waals surface area contributed by atoms with Crippen LogP contribution in [0.15, 0.2) is 66.1 Å². The van der Waals surface area contributed by atoms with E-state index in [9.17, 15) is 9.59 Å². The fourth-order valence-electron chi connectivity index (χ4n) is 4.04. The fraction of sp³-hybridized carbons (Fsp3) is 0.448. The summed E-state index contributed by atoms with van der Waals surface area (Å²) in [4.78, 5) is 24.6. The van der Waals surface area contributed by atoms with Crippen LogP contribution >= 0.6 is 23.4 Å². The van der Waals surface area contributed by atoms with Crippen LogP contribution in [0.4, 0.5) is 0 Å². The monoisotopic (exact) mass is 532 g/mol. The second-order valence-electron chi connectivity index (χ2n) is 9.25. The fourth-order valence-corrected chi connectivity index (χ4v) is 5.04. The van der Waals surface area contributed by atoms with Crippen LogP contribution in [-0.4, -0.2) is 37.0 Å². The van der Waals surface area contributed by atoms with Crippen molar-refractivity contribution in [1.29, 1.82) is 0 Å². The van der Waals surface area contributed by atoms with Crippen LogP contribution in [0.5, 0.6) is 5.75 Å². The van der Waals surface area contributed by atoms with Gasteiger partial charge in [0.25, 0.3) is 0 Å². The molecule has 0 bridgehead atoms. The lowest BCUT2D eigenvalue weighted by molar-refractivity contribution is -0.150. The summed E-state index contributed by atoms with van der Waals surface area (Å²) < 4.78 is 16.6. The summed E-state index contributed by atoms with van der Waals surface area (Å²) in [6.45, 7) is 12.7. The highest BCUT2D eigenvalue weighted by molar-refractivity contribution is 7.99. The predicted molar refractivity (Wildman–Crippen MR) is 147 cm³/mol. The molecule has 0 amide bonds. The summed E-state index contributed by atoms with van der Waals surface area (Å²) in [7, 11) is 0. The van der Waals surface area contributed by atoms with E-state index in [1.54, 1.807) is 11.8 Å². The molecule has 0 N–H and O–H groups in total. The summed E-state index contributed by atoms with van der Waals surface area (Å²) in [6, 6.07) is 15.7. The van der Waals surface area contributed by atoms with Gasteiger partial charge in [-0.1, -0.05) is 58.0 Å². The third-order valence-electron chi connectivity index (χ3n) is 5.62. The van der Waals surface area contributed by atoms with E-state index in [4.69, 9.17) is 25.8 Å². The Hall–Kier alpha value is -2.44. The summed E-state index contributed by atoms with van der Waals surface area (Å²) in [5.74, 6) is 1.97. The van der Waals surface area contributed by atoms with Crippen LogP contribution in [0.1, 0.15) is 52.0 Å². The van der Waals surface area contributed by atoms with Gasteiger partial charge in [0, 0.05) is 28.2 Å². The van der Waals surface area contributed by atoms with E-state index >= 15 is 0 Å². The number of hydrogen-bond donors (Lipinski definition) is 0. The van der Waals surface area contributed by atoms with Gasteiger partial charge in [0.1, 0.15) is 18.5 Å². The lowest BCUT2D eigenvalue weighted by Crippen LogP contribution is -2.27. The Morgan fingerprint density at radius 3 is 2.22 bits per heavy atom. The van der Waals surface area contributed by atoms with E-state index < -0.39 is 12.1 Å². The number of thioether (sulfide) groups is 1. The van der Waals surface area contributed by atoms with Crippen molar-refractivity contribution < 1.29 is 23.8 Å². The molecule has 0 radical (unpaired) electrons. The topological polar surface area (TPSA) is 61.8 Å². The van der Waals surface area contributed by atoms with Gasteiger partial charge in [0.15, 0.2) is 0 Å². The second kappa shape index (κ2) is 15.6. The Balaban J connectivity index is 1.97. The zero-order valence-corrected chi connectivity index (χ0v) is 23.1. The molecule has 0 aromatic heterocycles. The van der Waals surface area contributed by atoms with Crippen molar-refractivity contribution in [2.75, 3.05) is 19.0 Å². The minimum atomic E-state index is -0.506. The molecule has 5 nitrogen and oxygen atoms in total. The Bertz CT molecular complexity index is 949. The third kappa shape index (κ3) is 10.7. The number of carbonyl (C=O) groups is 2. The van der Waals surface area contributed by atoms with Gasteiger partial charge in [-0.05, 0) is 66.1 Å². The quantitative estimate of drug-likeness (QED) is 0.104. The summed E-state index contributed by atoms with van der Waals surface area (Å²) >= 11 is 7.55. The SMILES string of the molecule is C=CC(=O)OCCCC(=O)OC(COc1ccc(C(C(C)C)C(C)C)cc1)CSc1ccc(Cl)cc1. The van der Waals surface area contributed by atoms with E-state index in [0.29, 0.717) is 35.0 Å². The zero-order valence-electron chi connectivity index (χ0n) is 21.6. The first-order chi connectivity index (χ1) is 17.2. The van der Waals surface area contributed by atoms with Crippen LogP contribution in [0, 0.1) is 11.8 Å². The number of rotatable bonds is 15. The minimum Gasteiger partial charge on any atom is -0.490 e. The van der Waals surface area contributed by atoms with Gasteiger partial charge in [-0.3, -0.25) is 4.79 Å². The first-order valence-electron chi connectivity index (χ1n) is 12.3. The van der Waals surface area contributed by atoms with E-state index in [1.165, 1.54) is 5.56 Å². The predicted octanol–water partition coefficient (Wildman–Crippen LogP) is 7.33. The van der Waals surface area contributed by atoms with E-state index in [-0.39, 0.29) is 25.6 Å². The minimum absolute atomic E-state index is 0.140. The van der Waals surface area contributed by atoms with Crippen molar-refractivity contribution in [1.82, 2.24) is 0 Å². The highest BCUT2D eigenvalue weighted by atomic mass is 35.5. The standard InChI is InChI=1S/C29H37ClO5S/c1-6-27(31)33-17-7-8-28(32)35-25(19-36-26-15-11-23(30)12-16-26)18-34-24-13-9-22(10-14-24)29(20(2)3)21(4)5/h6,9-16,20-21,25,29H,1,7-8,17-19H2,2-5H3. The van der Waals surface area contributed by atoms with Gasteiger partial charge >= 0.3 is 11.9 Å². The average Bonchev–Trinajstić information content (AvgIpc) is 2.84. The molecule has 1 atom stereocenters. The van der Waals surface area contributed by atoms with Crippen LogP contribution in [0.3, 0.4) is 0 Å². The molecule has 1 unspecified atom stereocenters. The molecule has 196 valence electrons. The molecule has 7 heteroatoms. The number of esters is 2. The van der Waals surface area contributed by atoms with Gasteiger partial charge < -0.3 is 14.2 Å². The molecule has 2 rings (SSSR count). The molecule has 2 aromatic carbocycles. The second-order valence-corrected chi connectivity index (χ2v) is 10.8. The lowest BCUT2D eigenvalue weighted by atomic mass is 9.80. The van der Waals surface area contributed by atoms with Crippen molar-refractivity contribution in [3.8, 4) is 5.75 Å². The first kappa shape index (κ1) is 29.8. The van der Waals surface area contributed by atoms with Crippen molar-refractivity contribution in [2.24, 2.45) is 11.8 Å². The van der Waals surface area contributed by atoms with Crippen LogP contribution in [0.25, 0.3) is 0 Å². The maximum absolute atomic E-state index is 12.4. The number of ether oxygens (including phenoxy) is 3. The maximum Gasteiger partial charge on any atom is 0.330 e. The maximum atomic E-state index is 12.4. The average molecular weight is 533 g/mol. The van der Waals surface area contributed by atoms with E-state index in [0.717, 1.165) is 16.7 Å². The smallest absolute Gasteiger partial charge is 0.330 e. The number of hydrogen-bond acceptors (Lipinski definition) is 6. The summed E-state index contributed by atoms with van der Waals surface area (Å²) in [5.41, 5.74) is 1.30. The molecule has 0 saturated heterocycles. The van der Waals surface area contributed by atoms with Gasteiger partial charge in [-0.2, -0.15) is 0 Å². The Morgan fingerprint density at radius 1 is 1.00 bits per heavy atom. The molecular formula is C29H37ClO5S. The zero-order chi connectivity index (χ0) is 26.5. The Kier molecular flexibility index (Phi) is 12.9. The van der Waals surface area contributed by atoms with Gasteiger partial charge in [0.05, 0.1) is 6.61 Å².